The number of hydrogen-bond acceptors (Lipinski definition) is 7. The lowest BCUT2D eigenvalue weighted by atomic mass is 10.0. The molecule has 2 aliphatic rings. The van der Waals surface area contributed by atoms with Crippen LogP contribution in [0.2, 0.25) is 0 Å². The lowest BCUT2D eigenvalue weighted by Crippen LogP contribution is -2.44. The maximum absolute atomic E-state index is 12.5. The normalized spacial score (nSPS) is 17.5. The second-order valence-corrected chi connectivity index (χ2v) is 9.69. The van der Waals surface area contributed by atoms with Crippen molar-refractivity contribution in [2.75, 3.05) is 36.9 Å². The first-order valence-electron chi connectivity index (χ1n) is 10.6. The van der Waals surface area contributed by atoms with Crippen LogP contribution in [-0.4, -0.2) is 70.7 Å². The number of ether oxygens (including phenoxy) is 1. The van der Waals surface area contributed by atoms with Crippen LogP contribution >= 0.6 is 15.9 Å². The van der Waals surface area contributed by atoms with Gasteiger partial charge in [-0.3, -0.25) is 14.5 Å². The van der Waals surface area contributed by atoms with E-state index in [1.165, 1.54) is 6.08 Å². The molecule has 2 heterocycles. The van der Waals surface area contributed by atoms with Gasteiger partial charge in [0.05, 0.1) is 24.5 Å². The van der Waals surface area contributed by atoms with Crippen molar-refractivity contribution in [2.24, 2.45) is 0 Å². The SMILES string of the molecule is CC(C)(C)OC(=O)N1CCC(Nc2ccc(Br)cc2NC2=CC(=O)N(CCO)C2=O)CC1. The minimum atomic E-state index is -0.523. The van der Waals surface area contributed by atoms with Gasteiger partial charge in [0.1, 0.15) is 11.3 Å². The fraction of sp³-hybridized carbons (Fsp3) is 0.500. The Labute approximate surface area is 195 Å². The van der Waals surface area contributed by atoms with Crippen molar-refractivity contribution in [1.29, 1.82) is 0 Å². The number of aliphatic hydroxyl groups excluding tert-OH is 1. The Kier molecular flexibility index (Phi) is 7.45. The van der Waals surface area contributed by atoms with Crippen LogP contribution in [0.4, 0.5) is 16.2 Å². The number of likely N-dealkylation sites (tertiary alicyclic amines) is 1. The van der Waals surface area contributed by atoms with Gasteiger partial charge in [-0.2, -0.15) is 0 Å². The van der Waals surface area contributed by atoms with E-state index in [9.17, 15) is 14.4 Å². The fourth-order valence-electron chi connectivity index (χ4n) is 3.55. The first-order chi connectivity index (χ1) is 15.1. The van der Waals surface area contributed by atoms with Gasteiger partial charge in [-0.15, -0.1) is 0 Å². The molecule has 0 unspecified atom stereocenters. The largest absolute Gasteiger partial charge is 0.444 e. The number of halogens is 1. The Morgan fingerprint density at radius 2 is 1.91 bits per heavy atom. The molecule has 1 fully saturated rings. The summed E-state index contributed by atoms with van der Waals surface area (Å²) in [5.41, 5.74) is 1.06. The Morgan fingerprint density at radius 3 is 2.53 bits per heavy atom. The quantitative estimate of drug-likeness (QED) is 0.506. The van der Waals surface area contributed by atoms with Gasteiger partial charge < -0.3 is 25.4 Å². The standard InChI is InChI=1S/C22H29BrN4O5/c1-22(2,3)32-21(31)26-8-6-15(7-9-26)24-16-5-4-14(23)12-17(16)25-18-13-19(29)27(10-11-28)20(18)30/h4-5,12-13,15,24-25,28H,6-11H2,1-3H3. The second kappa shape index (κ2) is 9.91. The smallest absolute Gasteiger partial charge is 0.410 e. The minimum absolute atomic E-state index is 0.0425. The van der Waals surface area contributed by atoms with Gasteiger partial charge in [0.25, 0.3) is 11.8 Å². The van der Waals surface area contributed by atoms with Crippen LogP contribution in [-0.2, 0) is 14.3 Å². The molecule has 3 amide bonds. The van der Waals surface area contributed by atoms with Crippen LogP contribution in [0.5, 0.6) is 0 Å². The first-order valence-corrected chi connectivity index (χ1v) is 11.4. The predicted octanol–water partition coefficient (Wildman–Crippen LogP) is 2.92. The lowest BCUT2D eigenvalue weighted by Gasteiger charge is -2.34. The number of anilines is 2. The van der Waals surface area contributed by atoms with Crippen LogP contribution in [0.1, 0.15) is 33.6 Å². The van der Waals surface area contributed by atoms with E-state index in [0.717, 1.165) is 27.9 Å². The molecule has 174 valence electrons. The van der Waals surface area contributed by atoms with Crippen molar-refractivity contribution in [1.82, 2.24) is 9.80 Å². The van der Waals surface area contributed by atoms with Gasteiger partial charge in [-0.05, 0) is 51.8 Å². The second-order valence-electron chi connectivity index (χ2n) is 8.78. The summed E-state index contributed by atoms with van der Waals surface area (Å²) in [6.07, 6.45) is 2.44. The molecule has 3 N–H and O–H groups in total. The molecule has 1 aromatic carbocycles. The maximum Gasteiger partial charge on any atom is 0.410 e. The number of carbonyl (C=O) groups excluding carboxylic acids is 3. The van der Waals surface area contributed by atoms with Gasteiger partial charge in [-0.25, -0.2) is 4.79 Å². The van der Waals surface area contributed by atoms with E-state index in [0.29, 0.717) is 18.8 Å². The highest BCUT2D eigenvalue weighted by molar-refractivity contribution is 9.10. The van der Waals surface area contributed by atoms with Gasteiger partial charge in [0.2, 0.25) is 0 Å². The highest BCUT2D eigenvalue weighted by atomic mass is 79.9. The molecule has 2 aliphatic heterocycles. The molecule has 32 heavy (non-hydrogen) atoms. The number of nitrogens with zero attached hydrogens (tertiary/aromatic N) is 2. The molecule has 0 aliphatic carbocycles. The number of nitrogens with one attached hydrogen (secondary N) is 2. The zero-order valence-electron chi connectivity index (χ0n) is 18.5. The highest BCUT2D eigenvalue weighted by Crippen LogP contribution is 2.30. The molecule has 0 atom stereocenters. The molecular weight excluding hydrogens is 480 g/mol. The van der Waals surface area contributed by atoms with Gasteiger partial charge in [0.15, 0.2) is 0 Å². The third-order valence-electron chi connectivity index (χ3n) is 5.09. The molecule has 0 bridgehead atoms. The van der Waals surface area contributed by atoms with Crippen LogP contribution in [0, 0.1) is 0 Å². The third-order valence-corrected chi connectivity index (χ3v) is 5.58. The summed E-state index contributed by atoms with van der Waals surface area (Å²) in [5, 5.41) is 15.6. The summed E-state index contributed by atoms with van der Waals surface area (Å²) in [5.74, 6) is -0.925. The number of piperidine rings is 1. The third kappa shape index (κ3) is 6.01. The number of rotatable bonds is 6. The molecule has 1 saturated heterocycles. The van der Waals surface area contributed by atoms with E-state index in [1.54, 1.807) is 4.90 Å². The molecule has 3 rings (SSSR count). The number of β-amino-alcohol motifs (C(OH)–C–C–N with tert-alkyl or cyclic N) is 1. The summed E-state index contributed by atoms with van der Waals surface area (Å²) in [4.78, 5) is 39.5. The Balaban J connectivity index is 1.64. The van der Waals surface area contributed by atoms with Gasteiger partial charge in [0, 0.05) is 29.7 Å². The fourth-order valence-corrected chi connectivity index (χ4v) is 3.91. The van der Waals surface area contributed by atoms with Crippen molar-refractivity contribution >= 4 is 45.2 Å². The molecule has 0 spiro atoms. The van der Waals surface area contributed by atoms with E-state index in [1.807, 2.05) is 39.0 Å². The van der Waals surface area contributed by atoms with Gasteiger partial charge >= 0.3 is 6.09 Å². The van der Waals surface area contributed by atoms with E-state index in [2.05, 4.69) is 26.6 Å². The predicted molar refractivity (Wildman–Crippen MR) is 124 cm³/mol. The average Bonchev–Trinajstić information content (AvgIpc) is 2.97. The zero-order chi connectivity index (χ0) is 23.5. The van der Waals surface area contributed by atoms with E-state index in [-0.39, 0.29) is 31.0 Å². The Hall–Kier alpha value is -2.59. The summed E-state index contributed by atoms with van der Waals surface area (Å²) in [6.45, 7) is 6.39. The number of aliphatic hydroxyl groups is 1. The van der Waals surface area contributed by atoms with Crippen molar-refractivity contribution < 1.29 is 24.2 Å². The molecule has 1 aromatic rings. The summed E-state index contributed by atoms with van der Waals surface area (Å²) in [6, 6.07) is 5.74. The monoisotopic (exact) mass is 508 g/mol. The number of imide groups is 1. The summed E-state index contributed by atoms with van der Waals surface area (Å²) < 4.78 is 6.26. The molecule has 0 radical (unpaired) electrons. The topological polar surface area (TPSA) is 111 Å². The first kappa shape index (κ1) is 24.1. The van der Waals surface area contributed by atoms with Crippen LogP contribution in [0.3, 0.4) is 0 Å². The number of benzene rings is 1. The summed E-state index contributed by atoms with van der Waals surface area (Å²) in [7, 11) is 0. The van der Waals surface area contributed by atoms with Crippen LogP contribution in [0.25, 0.3) is 0 Å². The van der Waals surface area contributed by atoms with Gasteiger partial charge in [-0.1, -0.05) is 15.9 Å². The molecular formula is C22H29BrN4O5. The number of hydrogen-bond donors (Lipinski definition) is 3. The van der Waals surface area contributed by atoms with Crippen LogP contribution < -0.4 is 10.6 Å². The van der Waals surface area contributed by atoms with E-state index in [4.69, 9.17) is 9.84 Å². The molecule has 10 heteroatoms. The minimum Gasteiger partial charge on any atom is -0.444 e. The van der Waals surface area contributed by atoms with E-state index < -0.39 is 17.4 Å². The highest BCUT2D eigenvalue weighted by Gasteiger charge is 2.31. The van der Waals surface area contributed by atoms with Crippen molar-refractivity contribution in [3.05, 3.63) is 34.4 Å². The zero-order valence-corrected chi connectivity index (χ0v) is 20.1. The van der Waals surface area contributed by atoms with Crippen molar-refractivity contribution in [3.8, 4) is 0 Å². The Bertz CT molecular complexity index is 919. The molecule has 0 aromatic heterocycles. The van der Waals surface area contributed by atoms with Crippen LogP contribution in [0.15, 0.2) is 34.4 Å². The maximum atomic E-state index is 12.5. The number of carbonyl (C=O) groups is 3. The van der Waals surface area contributed by atoms with E-state index >= 15 is 0 Å². The molecule has 9 nitrogen and oxygen atoms in total. The van der Waals surface area contributed by atoms with Crippen molar-refractivity contribution in [2.45, 2.75) is 45.3 Å². The lowest BCUT2D eigenvalue weighted by molar-refractivity contribution is -0.137. The van der Waals surface area contributed by atoms with Crippen molar-refractivity contribution in [3.63, 3.8) is 0 Å². The summed E-state index contributed by atoms with van der Waals surface area (Å²) >= 11 is 3.44. The Morgan fingerprint density at radius 1 is 1.22 bits per heavy atom. The molecule has 0 saturated carbocycles. The average molecular weight is 509 g/mol. The number of amides is 3.